The fourth-order valence-corrected chi connectivity index (χ4v) is 3.22. The Morgan fingerprint density at radius 2 is 1.63 bits per heavy atom. The van der Waals surface area contributed by atoms with Gasteiger partial charge in [0.15, 0.2) is 0 Å². The van der Waals surface area contributed by atoms with Gasteiger partial charge in [0, 0.05) is 18.5 Å². The molecule has 0 bridgehead atoms. The summed E-state index contributed by atoms with van der Waals surface area (Å²) in [6, 6.07) is 22.0. The van der Waals surface area contributed by atoms with Crippen molar-refractivity contribution in [2.45, 2.75) is 19.9 Å². The van der Waals surface area contributed by atoms with Crippen LogP contribution in [0.25, 0.3) is 21.7 Å². The summed E-state index contributed by atoms with van der Waals surface area (Å²) >= 11 is 0. The van der Waals surface area contributed by atoms with Crippen LogP contribution >= 0.6 is 0 Å². The van der Waals surface area contributed by atoms with Crippen LogP contribution in [0.15, 0.2) is 72.9 Å². The Morgan fingerprint density at radius 1 is 0.926 bits per heavy atom. The molecule has 3 aromatic carbocycles. The molecule has 1 heterocycles. The van der Waals surface area contributed by atoms with E-state index in [1.165, 1.54) is 6.92 Å². The van der Waals surface area contributed by atoms with E-state index in [-0.39, 0.29) is 11.9 Å². The minimum atomic E-state index is -0.0306. The molecule has 1 atom stereocenters. The van der Waals surface area contributed by atoms with Gasteiger partial charge >= 0.3 is 0 Å². The van der Waals surface area contributed by atoms with Gasteiger partial charge in [-0.05, 0) is 65.7 Å². The summed E-state index contributed by atoms with van der Waals surface area (Å²) in [6.45, 7) is 3.51. The molecule has 4 heteroatoms. The van der Waals surface area contributed by atoms with E-state index < -0.39 is 0 Å². The lowest BCUT2D eigenvalue weighted by molar-refractivity contribution is -0.119. The number of aromatic nitrogens is 1. The minimum Gasteiger partial charge on any atom is -0.457 e. The van der Waals surface area contributed by atoms with Crippen molar-refractivity contribution >= 4 is 27.6 Å². The average molecular weight is 356 g/mol. The zero-order chi connectivity index (χ0) is 18.8. The number of nitrogens with one attached hydrogen (secondary N) is 1. The number of carbonyl (C=O) groups excluding carboxylic acids is 1. The number of rotatable bonds is 4. The Hall–Kier alpha value is -3.40. The number of nitrogens with zero attached hydrogens (tertiary/aromatic N) is 1. The monoisotopic (exact) mass is 356 g/mol. The summed E-state index contributed by atoms with van der Waals surface area (Å²) in [6.07, 6.45) is 1.78. The molecule has 1 unspecified atom stereocenters. The van der Waals surface area contributed by atoms with Gasteiger partial charge in [-0.15, -0.1) is 0 Å². The molecule has 0 spiro atoms. The second-order valence-corrected chi connectivity index (χ2v) is 6.65. The molecule has 4 aromatic rings. The van der Waals surface area contributed by atoms with Crippen LogP contribution in [0, 0.1) is 0 Å². The van der Waals surface area contributed by atoms with Crippen LogP contribution in [0.3, 0.4) is 0 Å². The predicted molar refractivity (Wildman–Crippen MR) is 108 cm³/mol. The fraction of sp³-hybridized carbons (Fsp3) is 0.130. The Balaban J connectivity index is 1.60. The molecule has 0 aliphatic rings. The SMILES string of the molecule is CC(=O)NC(C)c1ccc2cc(Oc3ccc4ncccc4c3)ccc2c1. The van der Waals surface area contributed by atoms with Crippen molar-refractivity contribution in [3.63, 3.8) is 0 Å². The average Bonchev–Trinajstić information content (AvgIpc) is 2.67. The summed E-state index contributed by atoms with van der Waals surface area (Å²) in [5, 5.41) is 6.16. The molecule has 0 radical (unpaired) electrons. The van der Waals surface area contributed by atoms with Crippen molar-refractivity contribution in [3.8, 4) is 11.5 Å². The van der Waals surface area contributed by atoms with E-state index in [1.807, 2.05) is 61.5 Å². The molecule has 4 nitrogen and oxygen atoms in total. The van der Waals surface area contributed by atoms with Crippen LogP contribution in [-0.2, 0) is 4.79 Å². The first-order valence-electron chi connectivity index (χ1n) is 8.92. The number of hydrogen-bond donors (Lipinski definition) is 1. The van der Waals surface area contributed by atoms with Crippen LogP contribution in [0.5, 0.6) is 11.5 Å². The lowest BCUT2D eigenvalue weighted by atomic mass is 10.0. The molecule has 134 valence electrons. The molecule has 0 aliphatic heterocycles. The van der Waals surface area contributed by atoms with Crippen LogP contribution in [0.2, 0.25) is 0 Å². The molecule has 0 fully saturated rings. The first-order valence-corrected chi connectivity index (χ1v) is 8.92. The van der Waals surface area contributed by atoms with Gasteiger partial charge in [-0.25, -0.2) is 0 Å². The maximum absolute atomic E-state index is 11.3. The summed E-state index contributed by atoms with van der Waals surface area (Å²) < 4.78 is 6.04. The minimum absolute atomic E-state index is 0.0194. The van der Waals surface area contributed by atoms with Gasteiger partial charge in [0.1, 0.15) is 11.5 Å². The van der Waals surface area contributed by atoms with Crippen LogP contribution in [0.4, 0.5) is 0 Å². The number of pyridine rings is 1. The summed E-state index contributed by atoms with van der Waals surface area (Å²) in [4.78, 5) is 15.6. The van der Waals surface area contributed by atoms with E-state index in [1.54, 1.807) is 6.20 Å². The second-order valence-electron chi connectivity index (χ2n) is 6.65. The number of hydrogen-bond acceptors (Lipinski definition) is 3. The maximum Gasteiger partial charge on any atom is 0.217 e. The largest absolute Gasteiger partial charge is 0.457 e. The number of carbonyl (C=O) groups is 1. The van der Waals surface area contributed by atoms with Crippen molar-refractivity contribution in [2.75, 3.05) is 0 Å². The van der Waals surface area contributed by atoms with E-state index in [2.05, 4.69) is 22.4 Å². The third-order valence-corrected chi connectivity index (χ3v) is 4.57. The van der Waals surface area contributed by atoms with Gasteiger partial charge in [-0.2, -0.15) is 0 Å². The van der Waals surface area contributed by atoms with E-state index in [4.69, 9.17) is 4.74 Å². The lowest BCUT2D eigenvalue weighted by Crippen LogP contribution is -2.23. The molecule has 1 aromatic heterocycles. The molecule has 4 rings (SSSR count). The van der Waals surface area contributed by atoms with Crippen molar-refractivity contribution < 1.29 is 9.53 Å². The van der Waals surface area contributed by atoms with Gasteiger partial charge < -0.3 is 10.1 Å². The highest BCUT2D eigenvalue weighted by Gasteiger charge is 2.08. The van der Waals surface area contributed by atoms with Gasteiger partial charge in [-0.1, -0.05) is 24.3 Å². The smallest absolute Gasteiger partial charge is 0.217 e. The highest BCUT2D eigenvalue weighted by molar-refractivity contribution is 5.85. The maximum atomic E-state index is 11.3. The molecule has 1 amide bonds. The standard InChI is InChI=1S/C23H20N2O2/c1-15(25-16(2)26)17-5-6-19-13-21(8-7-18(19)12-17)27-22-9-10-23-20(14-22)4-3-11-24-23/h3-15H,1-2H3,(H,25,26). The van der Waals surface area contributed by atoms with Crippen LogP contribution in [0.1, 0.15) is 25.5 Å². The summed E-state index contributed by atoms with van der Waals surface area (Å²) in [5.74, 6) is 1.54. The Labute approximate surface area is 157 Å². The summed E-state index contributed by atoms with van der Waals surface area (Å²) in [5.41, 5.74) is 2.03. The predicted octanol–water partition coefficient (Wildman–Crippen LogP) is 5.38. The Morgan fingerprint density at radius 3 is 2.44 bits per heavy atom. The molecule has 1 N–H and O–H groups in total. The molecule has 27 heavy (non-hydrogen) atoms. The zero-order valence-electron chi connectivity index (χ0n) is 15.3. The Bertz CT molecular complexity index is 1140. The van der Waals surface area contributed by atoms with Crippen molar-refractivity contribution in [1.82, 2.24) is 10.3 Å². The number of ether oxygens (including phenoxy) is 1. The van der Waals surface area contributed by atoms with E-state index in [9.17, 15) is 4.79 Å². The number of amides is 1. The topological polar surface area (TPSA) is 51.2 Å². The molecule has 0 saturated heterocycles. The highest BCUT2D eigenvalue weighted by Crippen LogP contribution is 2.29. The first kappa shape index (κ1) is 17.0. The number of fused-ring (bicyclic) bond motifs is 2. The normalized spacial score (nSPS) is 12.1. The van der Waals surface area contributed by atoms with Crippen LogP contribution < -0.4 is 10.1 Å². The van der Waals surface area contributed by atoms with Crippen LogP contribution in [-0.4, -0.2) is 10.9 Å². The third-order valence-electron chi connectivity index (χ3n) is 4.57. The highest BCUT2D eigenvalue weighted by atomic mass is 16.5. The number of benzene rings is 3. The van der Waals surface area contributed by atoms with Crippen molar-refractivity contribution in [3.05, 3.63) is 78.5 Å². The van der Waals surface area contributed by atoms with Gasteiger partial charge in [0.05, 0.1) is 11.6 Å². The molecule has 0 aliphatic carbocycles. The zero-order valence-corrected chi connectivity index (χ0v) is 15.3. The van der Waals surface area contributed by atoms with Gasteiger partial charge in [0.2, 0.25) is 5.91 Å². The third kappa shape index (κ3) is 3.75. The van der Waals surface area contributed by atoms with E-state index >= 15 is 0 Å². The summed E-state index contributed by atoms with van der Waals surface area (Å²) in [7, 11) is 0. The van der Waals surface area contributed by atoms with Gasteiger partial charge in [-0.3, -0.25) is 9.78 Å². The molecular weight excluding hydrogens is 336 g/mol. The van der Waals surface area contributed by atoms with E-state index in [0.29, 0.717) is 0 Å². The second kappa shape index (κ2) is 7.08. The molecular formula is C23H20N2O2. The fourth-order valence-electron chi connectivity index (χ4n) is 3.22. The van der Waals surface area contributed by atoms with Crippen molar-refractivity contribution in [2.24, 2.45) is 0 Å². The molecule has 0 saturated carbocycles. The lowest BCUT2D eigenvalue weighted by Gasteiger charge is -2.14. The van der Waals surface area contributed by atoms with Crippen molar-refractivity contribution in [1.29, 1.82) is 0 Å². The Kier molecular flexibility index (Phi) is 4.47. The first-order chi connectivity index (χ1) is 13.1. The van der Waals surface area contributed by atoms with Gasteiger partial charge in [0.25, 0.3) is 0 Å². The quantitative estimate of drug-likeness (QED) is 0.534. The van der Waals surface area contributed by atoms with E-state index in [0.717, 1.165) is 38.7 Å².